The van der Waals surface area contributed by atoms with Crippen LogP contribution in [0.15, 0.2) is 12.1 Å². The summed E-state index contributed by atoms with van der Waals surface area (Å²) in [7, 11) is 0. The molecular weight excluding hydrogens is 186 g/mol. The summed E-state index contributed by atoms with van der Waals surface area (Å²) >= 11 is 0. The monoisotopic (exact) mass is 207 g/mol. The van der Waals surface area contributed by atoms with Gasteiger partial charge < -0.3 is 10.5 Å². The number of hydrogen-bond donors (Lipinski definition) is 1. The highest BCUT2D eigenvalue weighted by Gasteiger charge is 2.06. The predicted molar refractivity (Wildman–Crippen MR) is 64.4 cm³/mol. The second kappa shape index (κ2) is 5.17. The molecule has 84 valence electrons. The fourth-order valence-corrected chi connectivity index (χ4v) is 1.90. The van der Waals surface area contributed by atoms with E-state index >= 15 is 0 Å². The highest BCUT2D eigenvalue weighted by Crippen LogP contribution is 2.25. The van der Waals surface area contributed by atoms with Gasteiger partial charge in [-0.1, -0.05) is 12.1 Å². The molecule has 0 fully saturated rings. The molecule has 0 amide bonds. The van der Waals surface area contributed by atoms with Gasteiger partial charge in [-0.25, -0.2) is 0 Å². The van der Waals surface area contributed by atoms with Crippen LogP contribution in [0.3, 0.4) is 0 Å². The third-order valence-electron chi connectivity index (χ3n) is 2.37. The topological polar surface area (TPSA) is 35.2 Å². The molecular formula is C13H21NO. The van der Waals surface area contributed by atoms with Crippen molar-refractivity contribution in [2.24, 2.45) is 5.73 Å². The summed E-state index contributed by atoms with van der Waals surface area (Å²) in [4.78, 5) is 0. The maximum Gasteiger partial charge on any atom is 0.125 e. The molecule has 2 N–H and O–H groups in total. The molecule has 0 bridgehead atoms. The Bertz CT molecular complexity index is 308. The molecule has 0 radical (unpaired) electrons. The van der Waals surface area contributed by atoms with Crippen molar-refractivity contribution in [2.75, 3.05) is 6.61 Å². The van der Waals surface area contributed by atoms with Gasteiger partial charge in [-0.15, -0.1) is 0 Å². The largest absolute Gasteiger partial charge is 0.493 e. The molecule has 0 saturated carbocycles. The Hall–Kier alpha value is -1.02. The van der Waals surface area contributed by atoms with E-state index < -0.39 is 0 Å². The fourth-order valence-electron chi connectivity index (χ4n) is 1.90. The Labute approximate surface area is 92.4 Å². The van der Waals surface area contributed by atoms with Crippen LogP contribution in [0.2, 0.25) is 0 Å². The first-order chi connectivity index (χ1) is 7.04. The maximum absolute atomic E-state index is 5.79. The Balaban J connectivity index is 2.97. The molecule has 1 rings (SSSR count). The van der Waals surface area contributed by atoms with Gasteiger partial charge in [0.15, 0.2) is 0 Å². The third kappa shape index (κ3) is 3.24. The van der Waals surface area contributed by atoms with Gasteiger partial charge in [-0.2, -0.15) is 0 Å². The minimum atomic E-state index is 0.210. The smallest absolute Gasteiger partial charge is 0.125 e. The third-order valence-corrected chi connectivity index (χ3v) is 2.37. The highest BCUT2D eigenvalue weighted by molar-refractivity contribution is 5.43. The normalized spacial score (nSPS) is 12.6. The van der Waals surface area contributed by atoms with Crippen LogP contribution in [0.1, 0.15) is 30.5 Å². The molecule has 0 saturated heterocycles. The quantitative estimate of drug-likeness (QED) is 0.823. The van der Waals surface area contributed by atoms with Crippen LogP contribution in [-0.2, 0) is 6.42 Å². The van der Waals surface area contributed by atoms with Gasteiger partial charge in [0, 0.05) is 6.04 Å². The minimum absolute atomic E-state index is 0.210. The van der Waals surface area contributed by atoms with Crippen molar-refractivity contribution >= 4 is 0 Å². The molecule has 0 heterocycles. The molecule has 1 aromatic carbocycles. The molecule has 0 aliphatic heterocycles. The zero-order valence-corrected chi connectivity index (χ0v) is 10.1. The summed E-state index contributed by atoms with van der Waals surface area (Å²) in [6.45, 7) is 8.93. The molecule has 0 spiro atoms. The highest BCUT2D eigenvalue weighted by atomic mass is 16.5. The van der Waals surface area contributed by atoms with Gasteiger partial charge >= 0.3 is 0 Å². The number of benzene rings is 1. The van der Waals surface area contributed by atoms with E-state index in [4.69, 9.17) is 10.5 Å². The average molecular weight is 207 g/mol. The van der Waals surface area contributed by atoms with E-state index in [0.717, 1.165) is 12.2 Å². The second-order valence-electron chi connectivity index (χ2n) is 4.17. The molecule has 2 heteroatoms. The van der Waals surface area contributed by atoms with Crippen molar-refractivity contribution in [3.63, 3.8) is 0 Å². The van der Waals surface area contributed by atoms with Crippen LogP contribution in [0.4, 0.5) is 0 Å². The van der Waals surface area contributed by atoms with Crippen molar-refractivity contribution in [3.05, 3.63) is 28.8 Å². The van der Waals surface area contributed by atoms with Crippen molar-refractivity contribution in [1.82, 2.24) is 0 Å². The average Bonchev–Trinajstić information content (AvgIpc) is 2.10. The first-order valence-corrected chi connectivity index (χ1v) is 5.53. The van der Waals surface area contributed by atoms with Crippen molar-refractivity contribution in [1.29, 1.82) is 0 Å². The first-order valence-electron chi connectivity index (χ1n) is 5.53. The van der Waals surface area contributed by atoms with E-state index in [1.807, 2.05) is 13.8 Å². The number of nitrogens with two attached hydrogens (primary N) is 1. The summed E-state index contributed by atoms with van der Waals surface area (Å²) < 4.78 is 5.60. The van der Waals surface area contributed by atoms with Crippen LogP contribution >= 0.6 is 0 Å². The molecule has 15 heavy (non-hydrogen) atoms. The fraction of sp³-hybridized carbons (Fsp3) is 0.538. The number of ether oxygens (including phenoxy) is 1. The van der Waals surface area contributed by atoms with Gasteiger partial charge in [0.1, 0.15) is 5.75 Å². The van der Waals surface area contributed by atoms with Crippen molar-refractivity contribution < 1.29 is 4.74 Å². The number of rotatable bonds is 4. The van der Waals surface area contributed by atoms with Gasteiger partial charge in [0.05, 0.1) is 6.61 Å². The lowest BCUT2D eigenvalue weighted by atomic mass is 10.0. The summed E-state index contributed by atoms with van der Waals surface area (Å²) in [5.74, 6) is 1.02. The van der Waals surface area contributed by atoms with Crippen molar-refractivity contribution in [2.45, 2.75) is 40.2 Å². The Morgan fingerprint density at radius 3 is 2.20 bits per heavy atom. The van der Waals surface area contributed by atoms with E-state index in [-0.39, 0.29) is 6.04 Å². The van der Waals surface area contributed by atoms with Gasteiger partial charge in [0.25, 0.3) is 0 Å². The van der Waals surface area contributed by atoms with E-state index in [9.17, 15) is 0 Å². The van der Waals surface area contributed by atoms with E-state index in [0.29, 0.717) is 6.61 Å². The van der Waals surface area contributed by atoms with Crippen LogP contribution in [0.5, 0.6) is 5.75 Å². The molecule has 1 atom stereocenters. The Morgan fingerprint density at radius 2 is 1.80 bits per heavy atom. The lowest BCUT2D eigenvalue weighted by Crippen LogP contribution is -2.18. The summed E-state index contributed by atoms with van der Waals surface area (Å²) in [5, 5.41) is 0. The summed E-state index contributed by atoms with van der Waals surface area (Å²) in [5.41, 5.74) is 9.49. The van der Waals surface area contributed by atoms with Gasteiger partial charge in [-0.05, 0) is 50.8 Å². The van der Waals surface area contributed by atoms with Crippen molar-refractivity contribution in [3.8, 4) is 5.75 Å². The van der Waals surface area contributed by atoms with Crippen LogP contribution in [0.25, 0.3) is 0 Å². The summed E-state index contributed by atoms with van der Waals surface area (Å²) in [6, 6.07) is 4.55. The van der Waals surface area contributed by atoms with Crippen LogP contribution in [-0.4, -0.2) is 12.6 Å². The van der Waals surface area contributed by atoms with Crippen LogP contribution in [0, 0.1) is 13.8 Å². The van der Waals surface area contributed by atoms with Crippen LogP contribution < -0.4 is 10.5 Å². The zero-order valence-electron chi connectivity index (χ0n) is 10.1. The molecule has 0 aliphatic carbocycles. The van der Waals surface area contributed by atoms with E-state index in [1.165, 1.54) is 16.7 Å². The second-order valence-corrected chi connectivity index (χ2v) is 4.17. The molecule has 0 aromatic heterocycles. The first kappa shape index (κ1) is 12.1. The van der Waals surface area contributed by atoms with E-state index in [1.54, 1.807) is 0 Å². The maximum atomic E-state index is 5.79. The minimum Gasteiger partial charge on any atom is -0.493 e. The lowest BCUT2D eigenvalue weighted by Gasteiger charge is -2.13. The molecule has 1 aromatic rings. The predicted octanol–water partition coefficient (Wildman–Crippen LogP) is 2.59. The number of hydrogen-bond acceptors (Lipinski definition) is 2. The molecule has 2 nitrogen and oxygen atoms in total. The Kier molecular flexibility index (Phi) is 4.15. The summed E-state index contributed by atoms with van der Waals surface area (Å²) in [6.07, 6.45) is 0.925. The number of aryl methyl sites for hydroxylation is 2. The van der Waals surface area contributed by atoms with E-state index in [2.05, 4.69) is 26.0 Å². The Morgan fingerprint density at radius 1 is 1.27 bits per heavy atom. The standard InChI is InChI=1S/C13H21NO/c1-5-15-13-9(2)6-12(7-10(13)3)8-11(4)14/h6-7,11H,5,8,14H2,1-4H3. The molecule has 1 unspecified atom stereocenters. The zero-order chi connectivity index (χ0) is 11.4. The molecule has 0 aliphatic rings. The van der Waals surface area contributed by atoms with Gasteiger partial charge in [-0.3, -0.25) is 0 Å². The van der Waals surface area contributed by atoms with Gasteiger partial charge in [0.2, 0.25) is 0 Å². The lowest BCUT2D eigenvalue weighted by molar-refractivity contribution is 0.335. The SMILES string of the molecule is CCOc1c(C)cc(CC(C)N)cc1C.